The van der Waals surface area contributed by atoms with Crippen molar-refractivity contribution in [2.24, 2.45) is 5.10 Å². The van der Waals surface area contributed by atoms with Crippen LogP contribution >= 0.6 is 31.9 Å². The molecule has 1 aliphatic rings. The molecule has 1 amide bonds. The molecule has 100 valence electrons. The van der Waals surface area contributed by atoms with Gasteiger partial charge in [0.2, 0.25) is 3.23 Å². The van der Waals surface area contributed by atoms with E-state index in [2.05, 4.69) is 37.0 Å². The number of carbonyl (C=O) groups is 1. The third-order valence-corrected chi connectivity index (χ3v) is 4.44. The highest BCUT2D eigenvalue weighted by molar-refractivity contribution is 9.26. The topological polar surface area (TPSA) is 32.7 Å². The molecule has 2 aromatic carbocycles. The van der Waals surface area contributed by atoms with E-state index in [9.17, 15) is 4.79 Å². The molecule has 0 N–H and O–H groups in total. The first-order chi connectivity index (χ1) is 9.60. The van der Waals surface area contributed by atoms with Gasteiger partial charge in [0.25, 0.3) is 5.91 Å². The van der Waals surface area contributed by atoms with Crippen LogP contribution in [0.3, 0.4) is 0 Å². The normalized spacial score (nSPS) is 17.2. The predicted octanol–water partition coefficient (Wildman–Crippen LogP) is 3.92. The summed E-state index contributed by atoms with van der Waals surface area (Å²) < 4.78 is -0.989. The molecule has 3 rings (SSSR count). The summed E-state index contributed by atoms with van der Waals surface area (Å²) in [5.41, 5.74) is 2.28. The van der Waals surface area contributed by atoms with E-state index in [0.29, 0.717) is 5.71 Å². The second kappa shape index (κ2) is 5.14. The van der Waals surface area contributed by atoms with Gasteiger partial charge in [-0.25, -0.2) is 0 Å². The van der Waals surface area contributed by atoms with Gasteiger partial charge in [-0.2, -0.15) is 10.1 Å². The molecule has 2 aromatic rings. The number of alkyl halides is 2. The van der Waals surface area contributed by atoms with Crippen molar-refractivity contribution in [1.82, 2.24) is 0 Å². The van der Waals surface area contributed by atoms with Crippen LogP contribution in [0.1, 0.15) is 5.56 Å². The zero-order chi connectivity index (χ0) is 14.2. The molecule has 3 nitrogen and oxygen atoms in total. The Morgan fingerprint density at radius 1 is 0.900 bits per heavy atom. The van der Waals surface area contributed by atoms with Gasteiger partial charge in [-0.3, -0.25) is 4.79 Å². The lowest BCUT2D eigenvalue weighted by Crippen LogP contribution is -2.35. The van der Waals surface area contributed by atoms with Crippen molar-refractivity contribution in [2.75, 3.05) is 5.01 Å². The lowest BCUT2D eigenvalue weighted by atomic mass is 10.1. The van der Waals surface area contributed by atoms with Crippen molar-refractivity contribution in [3.8, 4) is 0 Å². The second-order valence-electron chi connectivity index (χ2n) is 4.34. The van der Waals surface area contributed by atoms with Crippen LogP contribution in [0.15, 0.2) is 65.8 Å². The Hall–Kier alpha value is -1.46. The number of anilines is 1. The number of rotatable bonds is 2. The standard InChI is InChI=1S/C15H10Br2N2O/c16-15(17)13(11-7-3-1-4-8-11)18-19(14(15)20)12-9-5-2-6-10-12/h1-10H. The third kappa shape index (κ3) is 2.21. The third-order valence-electron chi connectivity index (χ3n) is 3.01. The fourth-order valence-electron chi connectivity index (χ4n) is 2.02. The van der Waals surface area contributed by atoms with Gasteiger partial charge in [0.1, 0.15) is 5.71 Å². The number of hydrazone groups is 1. The summed E-state index contributed by atoms with van der Waals surface area (Å²) in [4.78, 5) is 12.5. The van der Waals surface area contributed by atoms with E-state index >= 15 is 0 Å². The number of carbonyl (C=O) groups excluding carboxylic acids is 1. The summed E-state index contributed by atoms with van der Waals surface area (Å²) >= 11 is 6.89. The van der Waals surface area contributed by atoms with Crippen molar-refractivity contribution in [1.29, 1.82) is 0 Å². The first-order valence-electron chi connectivity index (χ1n) is 6.02. The van der Waals surface area contributed by atoms with Crippen LogP contribution in [-0.2, 0) is 4.79 Å². The van der Waals surface area contributed by atoms with Gasteiger partial charge in [0.05, 0.1) is 5.69 Å². The molecular weight excluding hydrogens is 384 g/mol. The summed E-state index contributed by atoms with van der Waals surface area (Å²) in [5, 5.41) is 5.88. The van der Waals surface area contributed by atoms with Crippen molar-refractivity contribution >= 4 is 49.2 Å². The molecule has 5 heteroatoms. The second-order valence-corrected chi connectivity index (χ2v) is 7.78. The molecular formula is C15H10Br2N2O. The molecule has 1 heterocycles. The van der Waals surface area contributed by atoms with Gasteiger partial charge >= 0.3 is 0 Å². The zero-order valence-corrected chi connectivity index (χ0v) is 13.5. The van der Waals surface area contributed by atoms with Gasteiger partial charge in [-0.1, -0.05) is 80.4 Å². The molecule has 0 saturated carbocycles. The number of halogens is 2. The highest BCUT2D eigenvalue weighted by Crippen LogP contribution is 2.39. The number of nitrogens with zero attached hydrogens (tertiary/aromatic N) is 2. The van der Waals surface area contributed by atoms with Crippen molar-refractivity contribution < 1.29 is 4.79 Å². The first kappa shape index (κ1) is 13.5. The Morgan fingerprint density at radius 2 is 1.45 bits per heavy atom. The van der Waals surface area contributed by atoms with Gasteiger partial charge in [-0.05, 0) is 12.1 Å². The van der Waals surface area contributed by atoms with Gasteiger partial charge in [0, 0.05) is 5.56 Å². The lowest BCUT2D eigenvalue weighted by Gasteiger charge is -2.16. The van der Waals surface area contributed by atoms with Crippen LogP contribution in [0.2, 0.25) is 0 Å². The Labute approximate surface area is 133 Å². The fraction of sp³-hybridized carbons (Fsp3) is 0.0667. The van der Waals surface area contributed by atoms with Gasteiger partial charge in [-0.15, -0.1) is 0 Å². The van der Waals surface area contributed by atoms with E-state index < -0.39 is 3.23 Å². The highest BCUT2D eigenvalue weighted by Gasteiger charge is 2.48. The van der Waals surface area contributed by atoms with Gasteiger partial charge in [0.15, 0.2) is 0 Å². The number of hydrogen-bond acceptors (Lipinski definition) is 2. The number of para-hydroxylation sites is 1. The molecule has 0 atom stereocenters. The number of amides is 1. The quantitative estimate of drug-likeness (QED) is 0.711. The van der Waals surface area contributed by atoms with Crippen molar-refractivity contribution in [3.05, 3.63) is 66.2 Å². The summed E-state index contributed by atoms with van der Waals surface area (Å²) in [6, 6.07) is 19.0. The predicted molar refractivity (Wildman–Crippen MR) is 87.5 cm³/mol. The Bertz CT molecular complexity index is 669. The zero-order valence-electron chi connectivity index (χ0n) is 10.3. The average molecular weight is 394 g/mol. The minimum absolute atomic E-state index is 0.164. The molecule has 0 radical (unpaired) electrons. The SMILES string of the molecule is O=C1N(c2ccccc2)N=C(c2ccccc2)C1(Br)Br. The van der Waals surface area contributed by atoms with Crippen LogP contribution in [0.25, 0.3) is 0 Å². The fourth-order valence-corrected chi connectivity index (χ4v) is 2.97. The summed E-state index contributed by atoms with van der Waals surface area (Å²) in [5.74, 6) is -0.164. The molecule has 0 saturated heterocycles. The van der Waals surface area contributed by atoms with Gasteiger partial charge < -0.3 is 0 Å². The number of benzene rings is 2. The maximum absolute atomic E-state index is 12.5. The molecule has 0 aliphatic carbocycles. The Balaban J connectivity index is 2.08. The molecule has 1 aliphatic heterocycles. The average Bonchev–Trinajstić information content (AvgIpc) is 2.72. The van der Waals surface area contributed by atoms with E-state index in [-0.39, 0.29) is 5.91 Å². The van der Waals surface area contributed by atoms with Crippen LogP contribution < -0.4 is 5.01 Å². The van der Waals surface area contributed by atoms with Crippen molar-refractivity contribution in [3.63, 3.8) is 0 Å². The maximum Gasteiger partial charge on any atom is 0.281 e. The molecule has 0 fully saturated rings. The molecule has 0 aromatic heterocycles. The van der Waals surface area contributed by atoms with Crippen LogP contribution in [0.5, 0.6) is 0 Å². The molecule has 20 heavy (non-hydrogen) atoms. The minimum atomic E-state index is -0.989. The first-order valence-corrected chi connectivity index (χ1v) is 7.61. The lowest BCUT2D eigenvalue weighted by molar-refractivity contribution is -0.116. The Kier molecular flexibility index (Phi) is 3.48. The summed E-state index contributed by atoms with van der Waals surface area (Å²) in [6.07, 6.45) is 0. The van der Waals surface area contributed by atoms with E-state index in [0.717, 1.165) is 11.3 Å². The molecule has 0 spiro atoms. The van der Waals surface area contributed by atoms with Crippen LogP contribution in [0.4, 0.5) is 5.69 Å². The summed E-state index contributed by atoms with van der Waals surface area (Å²) in [6.45, 7) is 0. The van der Waals surface area contributed by atoms with E-state index in [1.807, 2.05) is 60.7 Å². The van der Waals surface area contributed by atoms with E-state index in [1.165, 1.54) is 5.01 Å². The minimum Gasteiger partial charge on any atom is -0.269 e. The van der Waals surface area contributed by atoms with Crippen molar-refractivity contribution in [2.45, 2.75) is 3.23 Å². The molecule has 0 unspecified atom stereocenters. The summed E-state index contributed by atoms with van der Waals surface area (Å²) in [7, 11) is 0. The van der Waals surface area contributed by atoms with Crippen LogP contribution in [-0.4, -0.2) is 14.9 Å². The maximum atomic E-state index is 12.5. The monoisotopic (exact) mass is 392 g/mol. The van der Waals surface area contributed by atoms with E-state index in [1.54, 1.807) is 0 Å². The highest BCUT2D eigenvalue weighted by atomic mass is 79.9. The van der Waals surface area contributed by atoms with Crippen LogP contribution in [0, 0.1) is 0 Å². The Morgan fingerprint density at radius 3 is 2.05 bits per heavy atom. The van der Waals surface area contributed by atoms with E-state index in [4.69, 9.17) is 0 Å². The molecule has 0 bridgehead atoms. The smallest absolute Gasteiger partial charge is 0.269 e. The number of hydrogen-bond donors (Lipinski definition) is 0. The largest absolute Gasteiger partial charge is 0.281 e.